The van der Waals surface area contributed by atoms with Crippen molar-refractivity contribution in [2.24, 2.45) is 5.92 Å². The van der Waals surface area contributed by atoms with Crippen LogP contribution in [0, 0.1) is 5.92 Å². The number of alkyl halides is 2. The molecule has 2 fully saturated rings. The molecule has 1 heterocycles. The van der Waals surface area contributed by atoms with Crippen LogP contribution in [0.15, 0.2) is 0 Å². The Morgan fingerprint density at radius 1 is 1.25 bits per heavy atom. The van der Waals surface area contributed by atoms with E-state index >= 15 is 0 Å². The predicted octanol–water partition coefficient (Wildman–Crippen LogP) is 4.14. The molecule has 1 aliphatic heterocycles. The summed E-state index contributed by atoms with van der Waals surface area (Å²) < 4.78 is 32.2. The molecule has 2 atom stereocenters. The van der Waals surface area contributed by atoms with Crippen LogP contribution in [0.25, 0.3) is 0 Å². The first kappa shape index (κ1) is 16.2. The number of halogens is 2. The maximum Gasteiger partial charge on any atom is 0.248 e. The van der Waals surface area contributed by atoms with Crippen molar-refractivity contribution in [1.29, 1.82) is 0 Å². The molecule has 118 valence electrons. The van der Waals surface area contributed by atoms with Gasteiger partial charge in [0.15, 0.2) is 0 Å². The second kappa shape index (κ2) is 7.69. The van der Waals surface area contributed by atoms with Gasteiger partial charge >= 0.3 is 0 Å². The number of rotatable bonds is 7. The molecule has 0 aromatic carbocycles. The Bertz CT molecular complexity index is 270. The third-order valence-electron chi connectivity index (χ3n) is 4.81. The van der Waals surface area contributed by atoms with Gasteiger partial charge in [0, 0.05) is 25.5 Å². The van der Waals surface area contributed by atoms with Crippen LogP contribution in [0.3, 0.4) is 0 Å². The minimum Gasteiger partial charge on any atom is -0.378 e. The van der Waals surface area contributed by atoms with Gasteiger partial charge in [-0.05, 0) is 57.4 Å². The van der Waals surface area contributed by atoms with E-state index in [2.05, 4.69) is 12.2 Å². The summed E-state index contributed by atoms with van der Waals surface area (Å²) in [6, 6.07) is 0.398. The molecular weight excluding hydrogens is 260 g/mol. The van der Waals surface area contributed by atoms with Crippen LogP contribution >= 0.6 is 0 Å². The largest absolute Gasteiger partial charge is 0.378 e. The molecule has 2 unspecified atom stereocenters. The van der Waals surface area contributed by atoms with Gasteiger partial charge in [-0.3, -0.25) is 0 Å². The van der Waals surface area contributed by atoms with Crippen molar-refractivity contribution in [2.75, 3.05) is 13.2 Å². The van der Waals surface area contributed by atoms with Crippen molar-refractivity contribution in [3.05, 3.63) is 0 Å². The Morgan fingerprint density at radius 2 is 2.00 bits per heavy atom. The third kappa shape index (κ3) is 4.96. The summed E-state index contributed by atoms with van der Waals surface area (Å²) in [4.78, 5) is 0. The molecule has 1 saturated carbocycles. The Labute approximate surface area is 121 Å². The maximum atomic E-state index is 13.3. The minimum atomic E-state index is -2.42. The molecule has 0 bridgehead atoms. The number of hydrogen-bond acceptors (Lipinski definition) is 2. The molecule has 2 rings (SSSR count). The number of nitrogens with one attached hydrogen (secondary N) is 1. The average molecular weight is 289 g/mol. The lowest BCUT2D eigenvalue weighted by Crippen LogP contribution is -2.40. The van der Waals surface area contributed by atoms with Gasteiger partial charge in [-0.2, -0.15) is 0 Å². The number of ether oxygens (including phenoxy) is 1. The monoisotopic (exact) mass is 289 g/mol. The van der Waals surface area contributed by atoms with E-state index in [0.29, 0.717) is 30.9 Å². The summed E-state index contributed by atoms with van der Waals surface area (Å²) >= 11 is 0. The van der Waals surface area contributed by atoms with Crippen molar-refractivity contribution in [2.45, 2.75) is 82.8 Å². The van der Waals surface area contributed by atoms with Gasteiger partial charge in [-0.15, -0.1) is 0 Å². The van der Waals surface area contributed by atoms with Crippen molar-refractivity contribution < 1.29 is 13.5 Å². The van der Waals surface area contributed by atoms with Gasteiger partial charge in [0.1, 0.15) is 0 Å². The van der Waals surface area contributed by atoms with Crippen LogP contribution in [0.1, 0.15) is 64.7 Å². The molecule has 20 heavy (non-hydrogen) atoms. The van der Waals surface area contributed by atoms with Gasteiger partial charge in [-0.1, -0.05) is 6.92 Å². The smallest absolute Gasteiger partial charge is 0.248 e. The molecule has 0 aromatic rings. The van der Waals surface area contributed by atoms with Gasteiger partial charge in [0.05, 0.1) is 6.10 Å². The Hall–Kier alpha value is -0.220. The lowest BCUT2D eigenvalue weighted by molar-refractivity contribution is -0.0503. The molecule has 2 aliphatic rings. The van der Waals surface area contributed by atoms with Crippen LogP contribution in [-0.2, 0) is 4.74 Å². The second-order valence-corrected chi connectivity index (χ2v) is 6.47. The molecule has 0 aromatic heterocycles. The first-order valence-corrected chi connectivity index (χ1v) is 8.33. The highest BCUT2D eigenvalue weighted by atomic mass is 19.3. The van der Waals surface area contributed by atoms with Crippen LogP contribution in [-0.4, -0.2) is 31.2 Å². The van der Waals surface area contributed by atoms with E-state index in [1.165, 1.54) is 12.8 Å². The first-order chi connectivity index (χ1) is 9.61. The third-order valence-corrected chi connectivity index (χ3v) is 4.81. The summed E-state index contributed by atoms with van der Waals surface area (Å²) in [6.07, 6.45) is 7.47. The molecule has 1 N–H and O–H groups in total. The topological polar surface area (TPSA) is 21.3 Å². The zero-order valence-electron chi connectivity index (χ0n) is 12.7. The zero-order valence-corrected chi connectivity index (χ0v) is 12.7. The molecule has 0 radical (unpaired) electrons. The molecule has 1 aliphatic carbocycles. The van der Waals surface area contributed by atoms with E-state index < -0.39 is 5.92 Å². The summed E-state index contributed by atoms with van der Waals surface area (Å²) in [5.41, 5.74) is 0. The van der Waals surface area contributed by atoms with Crippen molar-refractivity contribution in [1.82, 2.24) is 5.32 Å². The standard InChI is InChI=1S/C16H29F2NO/c1-2-11-19-15(6-5-14-4-3-12-20-14)13-7-9-16(17,18)10-8-13/h13-15,19H,2-12H2,1H3. The molecule has 2 nitrogen and oxygen atoms in total. The fraction of sp³-hybridized carbons (Fsp3) is 1.00. The lowest BCUT2D eigenvalue weighted by Gasteiger charge is -2.34. The lowest BCUT2D eigenvalue weighted by atomic mass is 9.80. The van der Waals surface area contributed by atoms with E-state index in [0.717, 1.165) is 32.4 Å². The molecule has 4 heteroatoms. The second-order valence-electron chi connectivity index (χ2n) is 6.47. The van der Waals surface area contributed by atoms with Crippen LogP contribution in [0.2, 0.25) is 0 Å². The molecule has 0 spiro atoms. The van der Waals surface area contributed by atoms with Gasteiger partial charge < -0.3 is 10.1 Å². The van der Waals surface area contributed by atoms with Crippen molar-refractivity contribution >= 4 is 0 Å². The Morgan fingerprint density at radius 3 is 2.60 bits per heavy atom. The van der Waals surface area contributed by atoms with E-state index in [-0.39, 0.29) is 12.8 Å². The SMILES string of the molecule is CCCNC(CCC1CCCO1)C1CCC(F)(F)CC1. The van der Waals surface area contributed by atoms with Gasteiger partial charge in [0.2, 0.25) is 5.92 Å². The highest BCUT2D eigenvalue weighted by Gasteiger charge is 2.37. The molecule has 0 amide bonds. The normalized spacial score (nSPS) is 28.6. The maximum absolute atomic E-state index is 13.3. The van der Waals surface area contributed by atoms with Gasteiger partial charge in [-0.25, -0.2) is 8.78 Å². The van der Waals surface area contributed by atoms with E-state index in [4.69, 9.17) is 4.74 Å². The van der Waals surface area contributed by atoms with Gasteiger partial charge in [0.25, 0.3) is 0 Å². The summed E-state index contributed by atoms with van der Waals surface area (Å²) in [7, 11) is 0. The van der Waals surface area contributed by atoms with Crippen LogP contribution in [0.5, 0.6) is 0 Å². The Kier molecular flexibility index (Phi) is 6.21. The molecular formula is C16H29F2NO. The average Bonchev–Trinajstić information content (AvgIpc) is 2.93. The number of hydrogen-bond donors (Lipinski definition) is 1. The zero-order chi connectivity index (χ0) is 14.4. The highest BCUT2D eigenvalue weighted by molar-refractivity contribution is 4.85. The predicted molar refractivity (Wildman–Crippen MR) is 77.2 cm³/mol. The summed E-state index contributed by atoms with van der Waals surface area (Å²) in [6.45, 7) is 4.04. The van der Waals surface area contributed by atoms with E-state index in [9.17, 15) is 8.78 Å². The van der Waals surface area contributed by atoms with Crippen LogP contribution < -0.4 is 5.32 Å². The van der Waals surface area contributed by atoms with E-state index in [1.807, 2.05) is 0 Å². The fourth-order valence-corrected chi connectivity index (χ4v) is 3.54. The van der Waals surface area contributed by atoms with E-state index in [1.54, 1.807) is 0 Å². The van der Waals surface area contributed by atoms with Crippen molar-refractivity contribution in [3.63, 3.8) is 0 Å². The summed E-state index contributed by atoms with van der Waals surface area (Å²) in [5.74, 6) is -2.00. The Balaban J connectivity index is 1.79. The first-order valence-electron chi connectivity index (χ1n) is 8.33. The minimum absolute atomic E-state index is 0.0713. The van der Waals surface area contributed by atoms with Crippen molar-refractivity contribution in [3.8, 4) is 0 Å². The summed E-state index contributed by atoms with van der Waals surface area (Å²) in [5, 5.41) is 3.59. The fourth-order valence-electron chi connectivity index (χ4n) is 3.54. The quantitative estimate of drug-likeness (QED) is 0.760. The highest BCUT2D eigenvalue weighted by Crippen LogP contribution is 2.38. The molecule has 1 saturated heterocycles. The van der Waals surface area contributed by atoms with Crippen LogP contribution in [0.4, 0.5) is 8.78 Å².